The van der Waals surface area contributed by atoms with Gasteiger partial charge in [-0.1, -0.05) is 12.1 Å². The third kappa shape index (κ3) is 6.44. The molecule has 0 spiro atoms. The van der Waals surface area contributed by atoms with E-state index in [0.717, 1.165) is 10.4 Å². The number of likely N-dealkylation sites (tertiary alicyclic amines) is 1. The van der Waals surface area contributed by atoms with E-state index in [1.165, 1.54) is 35.7 Å². The Balaban J connectivity index is 1.43. The number of hydrogen-bond donors (Lipinski definition) is 1. The van der Waals surface area contributed by atoms with Gasteiger partial charge in [-0.05, 0) is 42.8 Å². The predicted octanol–water partition coefficient (Wildman–Crippen LogP) is 2.87. The summed E-state index contributed by atoms with van der Waals surface area (Å²) in [5, 5.41) is 3.01. The molecule has 2 aliphatic rings. The van der Waals surface area contributed by atoms with Crippen LogP contribution in [0.1, 0.15) is 30.5 Å². The highest BCUT2D eigenvalue weighted by Gasteiger charge is 2.38. The smallest absolute Gasteiger partial charge is 0.264 e. The highest BCUT2D eigenvalue weighted by Crippen LogP contribution is 2.26. The Morgan fingerprint density at radius 1 is 1.15 bits per heavy atom. The molecular formula is C28H30N4O6S. The highest BCUT2D eigenvalue weighted by atomic mass is 32.1. The Hall–Kier alpha value is -3.80. The molecule has 5 rings (SSSR count). The Kier molecular flexibility index (Phi) is 8.20. The molecular weight excluding hydrogens is 520 g/mol. The van der Waals surface area contributed by atoms with Crippen LogP contribution >= 0.6 is 11.3 Å². The number of nitrogens with zero attached hydrogens (tertiary/aromatic N) is 3. The molecule has 0 saturated carbocycles. The molecule has 2 aliphatic heterocycles. The molecule has 0 radical (unpaired) electrons. The van der Waals surface area contributed by atoms with Crippen molar-refractivity contribution in [1.82, 2.24) is 20.1 Å². The summed E-state index contributed by atoms with van der Waals surface area (Å²) < 4.78 is 17.4. The van der Waals surface area contributed by atoms with Gasteiger partial charge in [0.05, 0.1) is 48.5 Å². The van der Waals surface area contributed by atoms with Crippen molar-refractivity contribution in [3.05, 3.63) is 75.7 Å². The van der Waals surface area contributed by atoms with E-state index in [2.05, 4.69) is 10.3 Å². The van der Waals surface area contributed by atoms with E-state index >= 15 is 0 Å². The number of thiophene rings is 1. The fourth-order valence-corrected chi connectivity index (χ4v) is 5.48. The van der Waals surface area contributed by atoms with Crippen molar-refractivity contribution in [3.63, 3.8) is 0 Å². The van der Waals surface area contributed by atoms with Crippen molar-refractivity contribution in [3.8, 4) is 11.5 Å². The van der Waals surface area contributed by atoms with Gasteiger partial charge in [0, 0.05) is 37.8 Å². The van der Waals surface area contributed by atoms with Crippen molar-refractivity contribution in [1.29, 1.82) is 0 Å². The second-order valence-electron chi connectivity index (χ2n) is 9.52. The summed E-state index contributed by atoms with van der Waals surface area (Å²) in [6.07, 6.45) is 2.54. The topological polar surface area (TPSA) is 110 Å². The molecule has 4 heterocycles. The lowest BCUT2D eigenvalue weighted by Gasteiger charge is -2.25. The summed E-state index contributed by atoms with van der Waals surface area (Å²) in [4.78, 5) is 48.8. The first kappa shape index (κ1) is 26.8. The van der Waals surface area contributed by atoms with Crippen LogP contribution in [0.15, 0.2) is 54.9 Å². The molecule has 1 aromatic carbocycles. The third-order valence-corrected chi connectivity index (χ3v) is 7.58. The van der Waals surface area contributed by atoms with Gasteiger partial charge in [0.25, 0.3) is 11.8 Å². The zero-order valence-corrected chi connectivity index (χ0v) is 22.6. The second kappa shape index (κ2) is 11.9. The SMILES string of the molecule is COCCN1CC(=O)N[C@H]2CN(C(=O)c3ccc(C)s3)C[C@@H]2OCc2cccc(c2)Oc2cncc(c2)C1=O. The predicted molar refractivity (Wildman–Crippen MR) is 144 cm³/mol. The number of methoxy groups -OCH3 is 1. The molecule has 39 heavy (non-hydrogen) atoms. The summed E-state index contributed by atoms with van der Waals surface area (Å²) in [5.41, 5.74) is 1.17. The van der Waals surface area contributed by atoms with E-state index in [9.17, 15) is 14.4 Å². The number of rotatable bonds is 4. The standard InChI is InChI=1S/C28H30N4O6S/c1-18-6-7-25(39-18)28(35)32-14-23-24(15-32)37-17-19-4-3-5-21(10-19)38-22-11-20(12-29-13-22)27(34)31(8-9-36-2)16-26(33)30-23/h3-7,10-13,23-24H,8-9,14-17H2,1-2H3,(H,30,33)/t23-,24-/m0/s1. The maximum Gasteiger partial charge on any atom is 0.264 e. The van der Waals surface area contributed by atoms with Crippen molar-refractivity contribution >= 4 is 29.1 Å². The number of hydrogen-bond acceptors (Lipinski definition) is 8. The number of amides is 3. The number of benzene rings is 1. The van der Waals surface area contributed by atoms with Crippen LogP contribution in [0, 0.1) is 6.92 Å². The van der Waals surface area contributed by atoms with Gasteiger partial charge in [-0.3, -0.25) is 19.4 Å². The third-order valence-electron chi connectivity index (χ3n) is 6.60. The quantitative estimate of drug-likeness (QED) is 0.532. The van der Waals surface area contributed by atoms with Gasteiger partial charge in [-0.15, -0.1) is 11.3 Å². The molecule has 1 N–H and O–H groups in total. The van der Waals surface area contributed by atoms with Gasteiger partial charge in [-0.25, -0.2) is 0 Å². The van der Waals surface area contributed by atoms with Gasteiger partial charge in [0.1, 0.15) is 11.5 Å². The molecule has 2 atom stereocenters. The lowest BCUT2D eigenvalue weighted by atomic mass is 10.2. The Bertz CT molecular complexity index is 1360. The van der Waals surface area contributed by atoms with Crippen LogP contribution in [0.5, 0.6) is 11.5 Å². The van der Waals surface area contributed by atoms with Crippen LogP contribution in [-0.2, 0) is 20.9 Å². The maximum absolute atomic E-state index is 13.4. The van der Waals surface area contributed by atoms with Crippen molar-refractivity contribution < 1.29 is 28.6 Å². The Morgan fingerprint density at radius 2 is 2.03 bits per heavy atom. The van der Waals surface area contributed by atoms with E-state index in [1.54, 1.807) is 11.0 Å². The van der Waals surface area contributed by atoms with E-state index in [-0.39, 0.29) is 44.0 Å². The molecule has 0 aliphatic carbocycles. The number of ether oxygens (including phenoxy) is 3. The number of carbonyl (C=O) groups excluding carboxylic acids is 3. The highest BCUT2D eigenvalue weighted by molar-refractivity contribution is 7.13. The number of nitrogens with one attached hydrogen (secondary N) is 1. The van der Waals surface area contributed by atoms with Crippen LogP contribution in [0.25, 0.3) is 0 Å². The van der Waals surface area contributed by atoms with Crippen molar-refractivity contribution in [2.24, 2.45) is 0 Å². The van der Waals surface area contributed by atoms with E-state index in [0.29, 0.717) is 35.0 Å². The van der Waals surface area contributed by atoms with Crippen LogP contribution < -0.4 is 10.1 Å². The number of aromatic nitrogens is 1. The number of fused-ring (bicyclic) bond motifs is 5. The molecule has 2 aromatic heterocycles. The zero-order valence-electron chi connectivity index (χ0n) is 21.8. The van der Waals surface area contributed by atoms with E-state index in [1.807, 2.05) is 43.3 Å². The fraction of sp³-hybridized carbons (Fsp3) is 0.357. The lowest BCUT2D eigenvalue weighted by molar-refractivity contribution is -0.123. The number of aryl methyl sites for hydroxylation is 1. The average molecular weight is 551 g/mol. The molecule has 11 heteroatoms. The zero-order chi connectivity index (χ0) is 27.4. The molecule has 1 saturated heterocycles. The molecule has 3 amide bonds. The number of pyridine rings is 1. The second-order valence-corrected chi connectivity index (χ2v) is 10.8. The monoisotopic (exact) mass is 550 g/mol. The maximum atomic E-state index is 13.4. The summed E-state index contributed by atoms with van der Waals surface area (Å²) in [6.45, 7) is 3.14. The Labute approximate surface area is 230 Å². The van der Waals surface area contributed by atoms with Crippen LogP contribution in [0.4, 0.5) is 0 Å². The first-order valence-electron chi connectivity index (χ1n) is 12.7. The Morgan fingerprint density at radius 3 is 2.82 bits per heavy atom. The largest absolute Gasteiger partial charge is 0.456 e. The van der Waals surface area contributed by atoms with Gasteiger partial charge < -0.3 is 29.3 Å². The average Bonchev–Trinajstić information content (AvgIpc) is 3.55. The minimum atomic E-state index is -0.445. The van der Waals surface area contributed by atoms with Gasteiger partial charge in [-0.2, -0.15) is 0 Å². The molecule has 0 unspecified atom stereocenters. The molecule has 4 bridgehead atoms. The molecule has 1 fully saturated rings. The first-order chi connectivity index (χ1) is 18.9. The van der Waals surface area contributed by atoms with E-state index in [4.69, 9.17) is 14.2 Å². The summed E-state index contributed by atoms with van der Waals surface area (Å²) in [5.74, 6) is 0.158. The van der Waals surface area contributed by atoms with Gasteiger partial charge >= 0.3 is 0 Å². The lowest BCUT2D eigenvalue weighted by Crippen LogP contribution is -2.49. The first-order valence-corrected chi connectivity index (χ1v) is 13.5. The van der Waals surface area contributed by atoms with Crippen molar-refractivity contribution in [2.45, 2.75) is 25.7 Å². The van der Waals surface area contributed by atoms with E-state index < -0.39 is 12.1 Å². The molecule has 3 aromatic rings. The molecule has 10 nitrogen and oxygen atoms in total. The minimum Gasteiger partial charge on any atom is -0.456 e. The normalized spacial score (nSPS) is 19.8. The van der Waals surface area contributed by atoms with Gasteiger partial charge in [0.2, 0.25) is 5.91 Å². The van der Waals surface area contributed by atoms with Crippen molar-refractivity contribution in [2.75, 3.05) is 39.9 Å². The summed E-state index contributed by atoms with van der Waals surface area (Å²) in [7, 11) is 1.53. The minimum absolute atomic E-state index is 0.0941. The molecule has 204 valence electrons. The van der Waals surface area contributed by atoms with Gasteiger partial charge in [0.15, 0.2) is 0 Å². The number of carbonyl (C=O) groups is 3. The summed E-state index contributed by atoms with van der Waals surface area (Å²) >= 11 is 1.44. The van der Waals surface area contributed by atoms with Crippen LogP contribution in [-0.4, -0.2) is 84.5 Å². The van der Waals surface area contributed by atoms with Crippen LogP contribution in [0.2, 0.25) is 0 Å². The fourth-order valence-electron chi connectivity index (χ4n) is 4.64. The summed E-state index contributed by atoms with van der Waals surface area (Å²) in [6, 6.07) is 12.3. The van der Waals surface area contributed by atoms with Crippen LogP contribution in [0.3, 0.4) is 0 Å².